The van der Waals surface area contributed by atoms with Crippen molar-refractivity contribution < 1.29 is 31.9 Å². The summed E-state index contributed by atoms with van der Waals surface area (Å²) < 4.78 is 52.4. The second-order valence-corrected chi connectivity index (χ2v) is 8.13. The molecule has 194 valence electrons. The first-order valence-corrected chi connectivity index (χ1v) is 11.3. The molecule has 0 aliphatic carbocycles. The third kappa shape index (κ3) is 8.17. The first-order chi connectivity index (χ1) is 17.0. The standard InChI is InChI=1S/C22H20F4N4O3.C3H8/c23-15-8-4-7-14-17(12-5-2-1-3-6-12)28-19(21(33)29-18(14)15)30-20(32)13(11-16(27)31)9-10-22(24,25)26;1-3-2/h1-8,13,19H,9-11H2,(H2,27,31)(H,29,33)(H,30,32);3H2,1-2H3. The number of benzodiazepines with no additional fused rings is 1. The minimum absolute atomic E-state index is 0.146. The number of halogens is 4. The molecule has 2 aromatic carbocycles. The van der Waals surface area contributed by atoms with E-state index in [1.807, 2.05) is 0 Å². The fraction of sp³-hybridized carbons (Fsp3) is 0.360. The fourth-order valence-corrected chi connectivity index (χ4v) is 3.38. The van der Waals surface area contributed by atoms with Crippen LogP contribution in [0, 0.1) is 11.7 Å². The summed E-state index contributed by atoms with van der Waals surface area (Å²) in [6.07, 6.45) is -7.53. The lowest BCUT2D eigenvalue weighted by Crippen LogP contribution is -2.45. The number of hydrogen-bond acceptors (Lipinski definition) is 4. The number of nitrogens with one attached hydrogen (secondary N) is 2. The average Bonchev–Trinajstić information content (AvgIpc) is 2.94. The molecule has 3 amide bonds. The van der Waals surface area contributed by atoms with Gasteiger partial charge in [-0.3, -0.25) is 14.4 Å². The molecule has 36 heavy (non-hydrogen) atoms. The van der Waals surface area contributed by atoms with Crippen LogP contribution >= 0.6 is 0 Å². The predicted octanol–water partition coefficient (Wildman–Crippen LogP) is 4.31. The van der Waals surface area contributed by atoms with Gasteiger partial charge in [0.25, 0.3) is 5.91 Å². The first-order valence-electron chi connectivity index (χ1n) is 11.3. The van der Waals surface area contributed by atoms with Gasteiger partial charge in [0, 0.05) is 29.9 Å². The van der Waals surface area contributed by atoms with Gasteiger partial charge < -0.3 is 16.4 Å². The Labute approximate surface area is 206 Å². The van der Waals surface area contributed by atoms with Gasteiger partial charge in [0.1, 0.15) is 5.82 Å². The van der Waals surface area contributed by atoms with Gasteiger partial charge >= 0.3 is 6.18 Å². The van der Waals surface area contributed by atoms with Crippen LogP contribution in [0.3, 0.4) is 0 Å². The molecule has 0 aromatic heterocycles. The zero-order chi connectivity index (χ0) is 26.9. The highest BCUT2D eigenvalue weighted by molar-refractivity contribution is 6.19. The van der Waals surface area contributed by atoms with Crippen molar-refractivity contribution in [3.05, 3.63) is 65.5 Å². The summed E-state index contributed by atoms with van der Waals surface area (Å²) in [6.45, 7) is 4.25. The van der Waals surface area contributed by atoms with Crippen LogP contribution in [0.15, 0.2) is 53.5 Å². The normalized spacial score (nSPS) is 15.8. The highest BCUT2D eigenvalue weighted by Crippen LogP contribution is 2.28. The maximum absolute atomic E-state index is 14.5. The maximum Gasteiger partial charge on any atom is 0.389 e. The smallest absolute Gasteiger partial charge is 0.370 e. The van der Waals surface area contributed by atoms with Crippen LogP contribution in [0.25, 0.3) is 0 Å². The number of rotatable bonds is 7. The number of carbonyl (C=O) groups is 3. The Bertz CT molecular complexity index is 1100. The number of para-hydroxylation sites is 1. The molecule has 2 unspecified atom stereocenters. The van der Waals surface area contributed by atoms with Crippen LogP contribution in [0.5, 0.6) is 0 Å². The number of fused-ring (bicyclic) bond motifs is 1. The number of carbonyl (C=O) groups excluding carboxylic acids is 3. The van der Waals surface area contributed by atoms with Gasteiger partial charge in [0.15, 0.2) is 0 Å². The van der Waals surface area contributed by atoms with Gasteiger partial charge in [-0.05, 0) is 12.5 Å². The molecule has 4 N–H and O–H groups in total. The number of nitrogens with zero attached hydrogens (tertiary/aromatic N) is 1. The fourth-order valence-electron chi connectivity index (χ4n) is 3.38. The highest BCUT2D eigenvalue weighted by atomic mass is 19.4. The van der Waals surface area contributed by atoms with E-state index in [0.717, 1.165) is 6.07 Å². The number of hydrogen-bond donors (Lipinski definition) is 3. The van der Waals surface area contributed by atoms with Crippen molar-refractivity contribution in [3.8, 4) is 0 Å². The summed E-state index contributed by atoms with van der Waals surface area (Å²) in [5.41, 5.74) is 5.90. The van der Waals surface area contributed by atoms with Gasteiger partial charge in [0.05, 0.1) is 11.4 Å². The van der Waals surface area contributed by atoms with E-state index in [-0.39, 0.29) is 17.0 Å². The van der Waals surface area contributed by atoms with E-state index in [1.54, 1.807) is 30.3 Å². The minimum atomic E-state index is -4.55. The summed E-state index contributed by atoms with van der Waals surface area (Å²) in [7, 11) is 0. The summed E-state index contributed by atoms with van der Waals surface area (Å²) in [5.74, 6) is -5.01. The second-order valence-electron chi connectivity index (χ2n) is 8.13. The maximum atomic E-state index is 14.5. The van der Waals surface area contributed by atoms with Gasteiger partial charge in [-0.15, -0.1) is 0 Å². The van der Waals surface area contributed by atoms with Gasteiger partial charge in [-0.2, -0.15) is 13.2 Å². The van der Waals surface area contributed by atoms with Gasteiger partial charge in [-0.25, -0.2) is 9.38 Å². The lowest BCUT2D eigenvalue weighted by molar-refractivity contribution is -0.143. The molecule has 0 bridgehead atoms. The minimum Gasteiger partial charge on any atom is -0.370 e. The van der Waals surface area contributed by atoms with Crippen molar-refractivity contribution >= 4 is 29.1 Å². The number of benzene rings is 2. The average molecular weight is 509 g/mol. The van der Waals surface area contributed by atoms with Crippen molar-refractivity contribution in [2.75, 3.05) is 5.32 Å². The van der Waals surface area contributed by atoms with E-state index < -0.39 is 61.1 Å². The number of amides is 3. The summed E-state index contributed by atoms with van der Waals surface area (Å²) in [4.78, 5) is 41.0. The number of alkyl halides is 3. The molecule has 1 aliphatic rings. The van der Waals surface area contributed by atoms with E-state index in [2.05, 4.69) is 29.5 Å². The highest BCUT2D eigenvalue weighted by Gasteiger charge is 2.34. The summed E-state index contributed by atoms with van der Waals surface area (Å²) in [5, 5.41) is 4.64. The van der Waals surface area contributed by atoms with Crippen LogP contribution in [0.1, 0.15) is 50.7 Å². The lowest BCUT2D eigenvalue weighted by atomic mass is 9.97. The molecular formula is C25H28F4N4O3. The molecule has 0 saturated carbocycles. The van der Waals surface area contributed by atoms with Crippen molar-refractivity contribution in [2.45, 2.75) is 51.9 Å². The molecular weight excluding hydrogens is 480 g/mol. The van der Waals surface area contributed by atoms with Gasteiger partial charge in [0.2, 0.25) is 18.0 Å². The largest absolute Gasteiger partial charge is 0.389 e. The topological polar surface area (TPSA) is 114 Å². The van der Waals surface area contributed by atoms with Crippen molar-refractivity contribution in [1.82, 2.24) is 5.32 Å². The van der Waals surface area contributed by atoms with E-state index in [9.17, 15) is 31.9 Å². The molecule has 0 fully saturated rings. The molecule has 11 heteroatoms. The molecule has 0 radical (unpaired) electrons. The Kier molecular flexibility index (Phi) is 10.1. The molecule has 2 atom stereocenters. The molecule has 0 spiro atoms. The Morgan fingerprint density at radius 3 is 2.33 bits per heavy atom. The zero-order valence-electron chi connectivity index (χ0n) is 19.9. The monoisotopic (exact) mass is 508 g/mol. The zero-order valence-corrected chi connectivity index (χ0v) is 19.9. The van der Waals surface area contributed by atoms with Gasteiger partial charge in [-0.1, -0.05) is 62.7 Å². The summed E-state index contributed by atoms with van der Waals surface area (Å²) in [6, 6.07) is 12.6. The van der Waals surface area contributed by atoms with Crippen LogP contribution < -0.4 is 16.4 Å². The SMILES string of the molecule is CCC.NC(=O)CC(CCC(F)(F)F)C(=O)NC1N=C(c2ccccc2)c2cccc(F)c2NC1=O. The van der Waals surface area contributed by atoms with Crippen LogP contribution in [-0.2, 0) is 14.4 Å². The predicted molar refractivity (Wildman–Crippen MR) is 128 cm³/mol. The molecule has 1 aliphatic heterocycles. The van der Waals surface area contributed by atoms with E-state index in [4.69, 9.17) is 5.73 Å². The van der Waals surface area contributed by atoms with E-state index in [0.29, 0.717) is 5.56 Å². The Hall–Kier alpha value is -3.76. The number of aliphatic imine (C=N–C) groups is 1. The van der Waals surface area contributed by atoms with Crippen LogP contribution in [-0.4, -0.2) is 35.8 Å². The molecule has 0 saturated heterocycles. The molecule has 2 aromatic rings. The molecule has 1 heterocycles. The third-order valence-corrected chi connectivity index (χ3v) is 4.94. The second kappa shape index (κ2) is 12.8. The quantitative estimate of drug-likeness (QED) is 0.485. The number of anilines is 1. The van der Waals surface area contributed by atoms with E-state index >= 15 is 0 Å². The Morgan fingerprint density at radius 2 is 1.75 bits per heavy atom. The number of primary amides is 1. The first kappa shape index (κ1) is 28.5. The third-order valence-electron chi connectivity index (χ3n) is 4.94. The Balaban J connectivity index is 0.00000145. The van der Waals surface area contributed by atoms with E-state index in [1.165, 1.54) is 18.6 Å². The summed E-state index contributed by atoms with van der Waals surface area (Å²) >= 11 is 0. The number of nitrogens with two attached hydrogens (primary N) is 1. The van der Waals surface area contributed by atoms with Crippen molar-refractivity contribution in [3.63, 3.8) is 0 Å². The van der Waals surface area contributed by atoms with Crippen LogP contribution in [0.4, 0.5) is 23.2 Å². The molecule has 3 rings (SSSR count). The Morgan fingerprint density at radius 1 is 1.11 bits per heavy atom. The molecule has 7 nitrogen and oxygen atoms in total. The van der Waals surface area contributed by atoms with Crippen molar-refractivity contribution in [1.29, 1.82) is 0 Å². The van der Waals surface area contributed by atoms with Crippen LogP contribution in [0.2, 0.25) is 0 Å². The van der Waals surface area contributed by atoms with Crippen molar-refractivity contribution in [2.24, 2.45) is 16.6 Å². The lowest BCUT2D eigenvalue weighted by Gasteiger charge is -2.19.